The molecule has 5 aromatic carbocycles. The Labute approximate surface area is 278 Å². The number of fused-ring (bicyclic) bond motifs is 6. The number of rotatable bonds is 5. The first-order valence-electron chi connectivity index (χ1n) is 16.7. The largest absolute Gasteiger partial charge is 0.322 e. The molecular formula is C45H38N2. The molecule has 1 aliphatic carbocycles. The molecule has 47 heavy (non-hydrogen) atoms. The summed E-state index contributed by atoms with van der Waals surface area (Å²) < 4.78 is 0. The fraction of sp³-hybridized carbons (Fsp3) is 0.133. The minimum absolute atomic E-state index is 0.265. The predicted molar refractivity (Wildman–Crippen MR) is 199 cm³/mol. The van der Waals surface area contributed by atoms with Crippen LogP contribution in [0.25, 0.3) is 22.3 Å². The highest BCUT2D eigenvalue weighted by Crippen LogP contribution is 2.46. The van der Waals surface area contributed by atoms with Crippen molar-refractivity contribution in [3.63, 3.8) is 0 Å². The summed E-state index contributed by atoms with van der Waals surface area (Å²) in [6, 6.07) is 48.5. The molecule has 8 rings (SSSR count). The molecular weight excluding hydrogens is 569 g/mol. The average molecular weight is 607 g/mol. The maximum Gasteiger partial charge on any atom is 0.136 e. The summed E-state index contributed by atoms with van der Waals surface area (Å²) in [6.45, 7) is 3.77. The van der Waals surface area contributed by atoms with Gasteiger partial charge < -0.3 is 4.90 Å². The van der Waals surface area contributed by atoms with Gasteiger partial charge in [0, 0.05) is 23.1 Å². The SMILES string of the molecule is CC(C1=C(c2ccc(C3=CCN=C4c5ccccc5-c5ccccc5N4CC=C3)cc2)CCC=C1)(c1ccccc1)c1ccccc1. The van der Waals surface area contributed by atoms with Crippen LogP contribution in [0.15, 0.2) is 174 Å². The Balaban J connectivity index is 1.15. The van der Waals surface area contributed by atoms with Gasteiger partial charge in [-0.3, -0.25) is 4.99 Å². The second-order valence-corrected chi connectivity index (χ2v) is 12.7. The third-order valence-corrected chi connectivity index (χ3v) is 10.0. The van der Waals surface area contributed by atoms with Crippen LogP contribution < -0.4 is 4.90 Å². The highest BCUT2D eigenvalue weighted by Gasteiger charge is 2.35. The predicted octanol–water partition coefficient (Wildman–Crippen LogP) is 10.7. The van der Waals surface area contributed by atoms with Crippen molar-refractivity contribution in [2.24, 2.45) is 4.99 Å². The Hall–Kier alpha value is -5.47. The number of nitrogens with zero attached hydrogens (tertiary/aromatic N) is 2. The Morgan fingerprint density at radius 1 is 0.596 bits per heavy atom. The van der Waals surface area contributed by atoms with E-state index in [0.717, 1.165) is 25.2 Å². The van der Waals surface area contributed by atoms with Gasteiger partial charge in [-0.05, 0) is 70.4 Å². The highest BCUT2D eigenvalue weighted by atomic mass is 15.2. The van der Waals surface area contributed by atoms with Gasteiger partial charge in [-0.2, -0.15) is 0 Å². The first-order valence-corrected chi connectivity index (χ1v) is 16.7. The smallest absolute Gasteiger partial charge is 0.136 e. The van der Waals surface area contributed by atoms with Crippen LogP contribution in [0.3, 0.4) is 0 Å². The van der Waals surface area contributed by atoms with Crippen molar-refractivity contribution in [3.05, 3.63) is 197 Å². The highest BCUT2D eigenvalue weighted by molar-refractivity contribution is 6.19. The third kappa shape index (κ3) is 5.20. The summed E-state index contributed by atoms with van der Waals surface area (Å²) in [7, 11) is 0. The van der Waals surface area contributed by atoms with E-state index in [1.807, 2.05) is 0 Å². The molecule has 2 nitrogen and oxygen atoms in total. The second kappa shape index (κ2) is 12.4. The van der Waals surface area contributed by atoms with Gasteiger partial charge in [0.1, 0.15) is 5.84 Å². The van der Waals surface area contributed by atoms with E-state index in [1.54, 1.807) is 0 Å². The number of hydrogen-bond acceptors (Lipinski definition) is 2. The van der Waals surface area contributed by atoms with Crippen molar-refractivity contribution in [2.75, 3.05) is 18.0 Å². The van der Waals surface area contributed by atoms with E-state index in [-0.39, 0.29) is 5.41 Å². The van der Waals surface area contributed by atoms with E-state index in [0.29, 0.717) is 6.54 Å². The number of aliphatic imine (C=N–C) groups is 1. The lowest BCUT2D eigenvalue weighted by Gasteiger charge is -2.36. The topological polar surface area (TPSA) is 15.6 Å². The summed E-state index contributed by atoms with van der Waals surface area (Å²) in [5.74, 6) is 1.04. The van der Waals surface area contributed by atoms with Crippen LogP contribution in [-0.2, 0) is 5.41 Å². The molecule has 0 spiro atoms. The van der Waals surface area contributed by atoms with Crippen molar-refractivity contribution in [1.82, 2.24) is 0 Å². The van der Waals surface area contributed by atoms with E-state index in [2.05, 4.69) is 176 Å². The number of para-hydroxylation sites is 1. The number of allylic oxidation sites excluding steroid dienone is 6. The van der Waals surface area contributed by atoms with E-state index in [4.69, 9.17) is 4.99 Å². The lowest BCUT2D eigenvalue weighted by Crippen LogP contribution is -2.35. The van der Waals surface area contributed by atoms with E-state index >= 15 is 0 Å². The standard InChI is InChI=1S/C45H38N2/c1-45(36-16-4-2-5-17-36,37-18-6-3-7-19-37)42-24-12-10-20-38(42)35-28-26-34(27-29-35)33-15-14-32-47-43-25-13-11-22-40(43)39-21-8-9-23-41(39)44(47)46-31-30-33/h2-9,11-19,21-30H,10,20,31-32H2,1H3. The van der Waals surface area contributed by atoms with Gasteiger partial charge in [0.25, 0.3) is 0 Å². The molecule has 0 radical (unpaired) electrons. The maximum absolute atomic E-state index is 5.18. The normalized spacial score (nSPS) is 15.8. The molecule has 0 N–H and O–H groups in total. The Morgan fingerprint density at radius 3 is 1.94 bits per heavy atom. The molecule has 0 amide bonds. The summed E-state index contributed by atoms with van der Waals surface area (Å²) >= 11 is 0. The minimum atomic E-state index is -0.265. The third-order valence-electron chi connectivity index (χ3n) is 10.0. The Bertz CT molecular complexity index is 2040. The van der Waals surface area contributed by atoms with E-state index in [9.17, 15) is 0 Å². The van der Waals surface area contributed by atoms with Crippen molar-refractivity contribution >= 4 is 22.7 Å². The number of amidine groups is 1. The number of benzene rings is 5. The van der Waals surface area contributed by atoms with Gasteiger partial charge in [0.2, 0.25) is 0 Å². The van der Waals surface area contributed by atoms with Gasteiger partial charge in [0.15, 0.2) is 0 Å². The van der Waals surface area contributed by atoms with Crippen molar-refractivity contribution in [3.8, 4) is 11.1 Å². The summed E-state index contributed by atoms with van der Waals surface area (Å²) in [5, 5.41) is 0. The fourth-order valence-corrected chi connectivity index (χ4v) is 7.58. The Morgan fingerprint density at radius 2 is 1.21 bits per heavy atom. The van der Waals surface area contributed by atoms with Gasteiger partial charge in [-0.25, -0.2) is 0 Å². The molecule has 228 valence electrons. The molecule has 0 bridgehead atoms. The summed E-state index contributed by atoms with van der Waals surface area (Å²) in [5.41, 5.74) is 13.8. The summed E-state index contributed by atoms with van der Waals surface area (Å²) in [6.07, 6.45) is 13.6. The molecule has 2 heteroatoms. The van der Waals surface area contributed by atoms with Crippen LogP contribution in [0.5, 0.6) is 0 Å². The molecule has 2 heterocycles. The lowest BCUT2D eigenvalue weighted by atomic mass is 9.67. The Kier molecular flexibility index (Phi) is 7.63. The van der Waals surface area contributed by atoms with Crippen molar-refractivity contribution in [1.29, 1.82) is 0 Å². The van der Waals surface area contributed by atoms with Crippen LogP contribution in [0.2, 0.25) is 0 Å². The molecule has 3 aliphatic rings. The zero-order valence-corrected chi connectivity index (χ0v) is 26.8. The van der Waals surface area contributed by atoms with Crippen LogP contribution in [-0.4, -0.2) is 18.9 Å². The second-order valence-electron chi connectivity index (χ2n) is 12.7. The molecule has 0 saturated heterocycles. The molecule has 0 fully saturated rings. The first kappa shape index (κ1) is 29.0. The van der Waals surface area contributed by atoms with E-state index < -0.39 is 0 Å². The zero-order valence-electron chi connectivity index (χ0n) is 26.8. The van der Waals surface area contributed by atoms with Crippen LogP contribution in [0.4, 0.5) is 5.69 Å². The molecule has 0 aromatic heterocycles. The van der Waals surface area contributed by atoms with Gasteiger partial charge in [-0.1, -0.05) is 158 Å². The fourth-order valence-electron chi connectivity index (χ4n) is 7.58. The monoisotopic (exact) mass is 606 g/mol. The van der Waals surface area contributed by atoms with Gasteiger partial charge in [-0.15, -0.1) is 0 Å². The quantitative estimate of drug-likeness (QED) is 0.194. The van der Waals surface area contributed by atoms with Crippen molar-refractivity contribution < 1.29 is 0 Å². The molecule has 5 aromatic rings. The lowest BCUT2D eigenvalue weighted by molar-refractivity contribution is 0.685. The summed E-state index contributed by atoms with van der Waals surface area (Å²) in [4.78, 5) is 7.53. The molecule has 0 unspecified atom stereocenters. The maximum atomic E-state index is 5.18. The van der Waals surface area contributed by atoms with Crippen LogP contribution >= 0.6 is 0 Å². The number of anilines is 1. The zero-order chi connectivity index (χ0) is 31.6. The molecule has 0 saturated carbocycles. The molecule has 2 aliphatic heterocycles. The minimum Gasteiger partial charge on any atom is -0.322 e. The van der Waals surface area contributed by atoms with Crippen LogP contribution in [0.1, 0.15) is 47.6 Å². The van der Waals surface area contributed by atoms with Gasteiger partial charge >= 0.3 is 0 Å². The number of hydrogen-bond donors (Lipinski definition) is 0. The molecule has 0 atom stereocenters. The van der Waals surface area contributed by atoms with E-state index in [1.165, 1.54) is 61.4 Å². The average Bonchev–Trinajstić information content (AvgIpc) is 3.26. The van der Waals surface area contributed by atoms with Gasteiger partial charge in [0.05, 0.1) is 12.2 Å². The van der Waals surface area contributed by atoms with Crippen LogP contribution in [0, 0.1) is 0 Å². The first-order chi connectivity index (χ1) is 23.2. The van der Waals surface area contributed by atoms with Crippen molar-refractivity contribution in [2.45, 2.75) is 25.2 Å².